The quantitative estimate of drug-likeness (QED) is 0.562. The maximum Gasteiger partial charge on any atom is 0.218 e. The lowest BCUT2D eigenvalue weighted by Crippen LogP contribution is -2.01. The summed E-state index contributed by atoms with van der Waals surface area (Å²) in [5.74, 6) is 0.588. The van der Waals surface area contributed by atoms with Gasteiger partial charge in [-0.25, -0.2) is 0 Å². The van der Waals surface area contributed by atoms with Gasteiger partial charge in [0.2, 0.25) is 11.0 Å². The number of aromatic amines is 1. The second-order valence-electron chi connectivity index (χ2n) is 3.27. The molecule has 0 spiro atoms. The van der Waals surface area contributed by atoms with E-state index in [1.54, 1.807) is 25.3 Å². The van der Waals surface area contributed by atoms with Gasteiger partial charge in [0.05, 0.1) is 12.6 Å². The first-order valence-electron chi connectivity index (χ1n) is 4.71. The Labute approximate surface area is 102 Å². The molecule has 0 radical (unpaired) electrons. The number of azo groups is 1. The molecule has 17 heavy (non-hydrogen) atoms. The largest absolute Gasteiger partial charge is 0.497 e. The van der Waals surface area contributed by atoms with Crippen LogP contribution in [0.3, 0.4) is 0 Å². The third-order valence-electron chi connectivity index (χ3n) is 2.21. The van der Waals surface area contributed by atoms with Crippen LogP contribution in [0.2, 0.25) is 0 Å². The fraction of sp³-hybridized carbons (Fsp3) is 0.100. The van der Waals surface area contributed by atoms with E-state index in [4.69, 9.17) is 10.5 Å². The zero-order valence-corrected chi connectivity index (χ0v) is 9.78. The van der Waals surface area contributed by atoms with Crippen molar-refractivity contribution in [3.63, 3.8) is 0 Å². The lowest BCUT2D eigenvalue weighted by atomic mass is 10.2. The van der Waals surface area contributed by atoms with Crippen molar-refractivity contribution in [2.75, 3.05) is 7.11 Å². The third-order valence-corrected chi connectivity index (χ3v) is 2.29. The van der Waals surface area contributed by atoms with Crippen LogP contribution in [0, 0.1) is 0 Å². The Kier molecular flexibility index (Phi) is 2.92. The summed E-state index contributed by atoms with van der Waals surface area (Å²) < 4.78 is 5.07. The van der Waals surface area contributed by atoms with Crippen LogP contribution in [-0.4, -0.2) is 22.3 Å². The first kappa shape index (κ1) is 11.3. The normalized spacial score (nSPS) is 11.1. The number of H-pyrrole nitrogens is 1. The van der Waals surface area contributed by atoms with Crippen LogP contribution in [0.15, 0.2) is 28.4 Å². The van der Waals surface area contributed by atoms with Gasteiger partial charge in [-0.15, -0.1) is 10.2 Å². The second kappa shape index (κ2) is 4.38. The Morgan fingerprint density at radius 2 is 2.29 bits per heavy atom. The van der Waals surface area contributed by atoms with Gasteiger partial charge in [0, 0.05) is 11.5 Å². The van der Waals surface area contributed by atoms with Crippen molar-refractivity contribution in [1.82, 2.24) is 4.98 Å². The van der Waals surface area contributed by atoms with Gasteiger partial charge >= 0.3 is 0 Å². The van der Waals surface area contributed by atoms with Crippen LogP contribution in [0.5, 0.6) is 11.6 Å². The molecular weight excluding hydrogens is 240 g/mol. The fourth-order valence-electron chi connectivity index (χ4n) is 1.48. The molecule has 6 nitrogen and oxygen atoms in total. The van der Waals surface area contributed by atoms with E-state index in [2.05, 4.69) is 27.4 Å². The van der Waals surface area contributed by atoms with E-state index in [0.717, 1.165) is 0 Å². The SMILES string of the molecule is COc1ccc2c(N=NC(N)=S)c(O)[nH]c2c1. The van der Waals surface area contributed by atoms with Gasteiger partial charge in [-0.3, -0.25) is 0 Å². The maximum absolute atomic E-state index is 9.68. The molecule has 0 saturated carbocycles. The number of fused-ring (bicyclic) bond motifs is 1. The van der Waals surface area contributed by atoms with Crippen molar-refractivity contribution in [3.05, 3.63) is 18.2 Å². The molecule has 0 aliphatic carbocycles. The Balaban J connectivity index is 2.56. The first-order chi connectivity index (χ1) is 8.11. The summed E-state index contributed by atoms with van der Waals surface area (Å²) in [6.07, 6.45) is 0. The van der Waals surface area contributed by atoms with E-state index in [0.29, 0.717) is 22.3 Å². The summed E-state index contributed by atoms with van der Waals surface area (Å²) in [6.45, 7) is 0. The number of nitrogens with two attached hydrogens (primary N) is 1. The second-order valence-corrected chi connectivity index (χ2v) is 3.69. The van der Waals surface area contributed by atoms with Crippen molar-refractivity contribution < 1.29 is 9.84 Å². The fourth-order valence-corrected chi connectivity index (χ4v) is 1.52. The Hall–Kier alpha value is -2.15. The van der Waals surface area contributed by atoms with Crippen LogP contribution in [0.25, 0.3) is 10.9 Å². The van der Waals surface area contributed by atoms with E-state index in [1.807, 2.05) is 0 Å². The van der Waals surface area contributed by atoms with Crippen LogP contribution < -0.4 is 10.5 Å². The molecule has 2 aromatic rings. The summed E-state index contributed by atoms with van der Waals surface area (Å²) in [7, 11) is 1.57. The third kappa shape index (κ3) is 2.18. The van der Waals surface area contributed by atoms with E-state index >= 15 is 0 Å². The highest BCUT2D eigenvalue weighted by Gasteiger charge is 2.10. The smallest absolute Gasteiger partial charge is 0.218 e. The predicted octanol–water partition coefficient (Wildman–Crippen LogP) is 2.21. The zero-order chi connectivity index (χ0) is 12.4. The van der Waals surface area contributed by atoms with Crippen molar-refractivity contribution in [1.29, 1.82) is 0 Å². The molecule has 0 amide bonds. The van der Waals surface area contributed by atoms with Crippen LogP contribution in [0.4, 0.5) is 5.69 Å². The van der Waals surface area contributed by atoms with Gasteiger partial charge in [0.25, 0.3) is 0 Å². The van der Waals surface area contributed by atoms with Gasteiger partial charge in [-0.05, 0) is 24.4 Å². The van der Waals surface area contributed by atoms with Gasteiger partial charge < -0.3 is 20.6 Å². The average Bonchev–Trinajstić information content (AvgIpc) is 2.60. The van der Waals surface area contributed by atoms with Crippen LogP contribution in [0.1, 0.15) is 0 Å². The minimum absolute atomic E-state index is 0.0896. The van der Waals surface area contributed by atoms with Crippen LogP contribution in [-0.2, 0) is 0 Å². The van der Waals surface area contributed by atoms with E-state index in [9.17, 15) is 5.11 Å². The molecule has 1 heterocycles. The van der Waals surface area contributed by atoms with E-state index in [1.165, 1.54) is 0 Å². The maximum atomic E-state index is 9.68. The number of thiocarbonyl (C=S) groups is 1. The molecule has 1 aromatic carbocycles. The van der Waals surface area contributed by atoms with Gasteiger partial charge in [-0.1, -0.05) is 0 Å². The summed E-state index contributed by atoms with van der Waals surface area (Å²) >= 11 is 4.58. The summed E-state index contributed by atoms with van der Waals surface area (Å²) in [5.41, 5.74) is 6.20. The van der Waals surface area contributed by atoms with Gasteiger partial charge in [0.15, 0.2) is 5.69 Å². The molecule has 0 aliphatic rings. The van der Waals surface area contributed by atoms with Crippen molar-refractivity contribution >= 4 is 33.9 Å². The zero-order valence-electron chi connectivity index (χ0n) is 8.97. The molecule has 0 unspecified atom stereocenters. The number of rotatable bonds is 2. The minimum Gasteiger partial charge on any atom is -0.497 e. The van der Waals surface area contributed by atoms with Gasteiger partial charge in [-0.2, -0.15) is 0 Å². The number of methoxy groups -OCH3 is 1. The minimum atomic E-state index is -0.0905. The molecule has 7 heteroatoms. The predicted molar refractivity (Wildman–Crippen MR) is 67.8 cm³/mol. The molecule has 88 valence electrons. The highest BCUT2D eigenvalue weighted by atomic mass is 32.1. The number of nitrogens with zero attached hydrogens (tertiary/aromatic N) is 2. The lowest BCUT2D eigenvalue weighted by molar-refractivity contribution is 0.415. The molecule has 0 saturated heterocycles. The highest BCUT2D eigenvalue weighted by molar-refractivity contribution is 7.80. The molecule has 1 aromatic heterocycles. The number of aromatic hydroxyl groups is 1. The number of aromatic nitrogens is 1. The van der Waals surface area contributed by atoms with E-state index < -0.39 is 0 Å². The number of benzene rings is 1. The topological polar surface area (TPSA) is 96.0 Å². The number of ether oxygens (including phenoxy) is 1. The Bertz CT molecular complexity index is 606. The van der Waals surface area contributed by atoms with Crippen LogP contribution >= 0.6 is 12.2 Å². The number of nitrogens with one attached hydrogen (secondary N) is 1. The number of hydrogen-bond donors (Lipinski definition) is 3. The van der Waals surface area contributed by atoms with Crippen molar-refractivity contribution in [3.8, 4) is 11.6 Å². The molecule has 0 fully saturated rings. The summed E-state index contributed by atoms with van der Waals surface area (Å²) in [5, 5.41) is 17.6. The first-order valence-corrected chi connectivity index (χ1v) is 5.12. The molecular formula is C10H10N4O2S. The Morgan fingerprint density at radius 1 is 1.53 bits per heavy atom. The van der Waals surface area contributed by atoms with Crippen molar-refractivity contribution in [2.24, 2.45) is 16.0 Å². The molecule has 0 atom stereocenters. The summed E-state index contributed by atoms with van der Waals surface area (Å²) in [6, 6.07) is 5.27. The summed E-state index contributed by atoms with van der Waals surface area (Å²) in [4.78, 5) is 2.76. The Morgan fingerprint density at radius 3 is 2.94 bits per heavy atom. The monoisotopic (exact) mass is 250 g/mol. The molecule has 4 N–H and O–H groups in total. The lowest BCUT2D eigenvalue weighted by Gasteiger charge is -1.98. The molecule has 2 rings (SSSR count). The van der Waals surface area contributed by atoms with Gasteiger partial charge in [0.1, 0.15) is 5.75 Å². The standard InChI is InChI=1S/C10H10N4O2S/c1-16-5-2-3-6-7(4-5)12-9(15)8(6)13-14-10(11)17/h2-4,12,15H,1H3,(H2,11,17). The number of hydrogen-bond acceptors (Lipinski definition) is 4. The molecule has 0 bridgehead atoms. The highest BCUT2D eigenvalue weighted by Crippen LogP contribution is 2.36. The average molecular weight is 250 g/mol. The molecule has 0 aliphatic heterocycles. The van der Waals surface area contributed by atoms with Crippen molar-refractivity contribution in [2.45, 2.75) is 0 Å². The van der Waals surface area contributed by atoms with E-state index in [-0.39, 0.29) is 11.0 Å².